The molecule has 96 valence electrons. The standard InChI is InChI=1S/C11H18ClN3OS/c1-4-10-14-9(12)7-11(15-10)13-6-5-8(2)17(3)16/h7-8H,4-6H2,1-3H3,(H,13,14,15). The van der Waals surface area contributed by atoms with Gasteiger partial charge in [0.15, 0.2) is 0 Å². The molecule has 1 rings (SSSR count). The molecule has 0 aliphatic carbocycles. The maximum atomic E-state index is 11.2. The SMILES string of the molecule is CCc1nc(Cl)cc(NCCC(C)S(C)=O)n1. The number of rotatable bonds is 6. The Morgan fingerprint density at radius 1 is 1.53 bits per heavy atom. The van der Waals surface area contributed by atoms with Crippen molar-refractivity contribution in [2.75, 3.05) is 18.1 Å². The molecular formula is C11H18ClN3OS. The molecule has 0 aliphatic heterocycles. The maximum Gasteiger partial charge on any atom is 0.134 e. The first-order valence-electron chi connectivity index (χ1n) is 5.62. The molecular weight excluding hydrogens is 258 g/mol. The fourth-order valence-electron chi connectivity index (χ4n) is 1.28. The van der Waals surface area contributed by atoms with Crippen LogP contribution in [0, 0.1) is 0 Å². The second kappa shape index (κ2) is 6.91. The van der Waals surface area contributed by atoms with Gasteiger partial charge in [-0.05, 0) is 6.42 Å². The van der Waals surface area contributed by atoms with Crippen LogP contribution in [0.1, 0.15) is 26.1 Å². The van der Waals surface area contributed by atoms with Gasteiger partial charge in [-0.1, -0.05) is 25.4 Å². The van der Waals surface area contributed by atoms with Crippen molar-refractivity contribution in [1.82, 2.24) is 9.97 Å². The Morgan fingerprint density at radius 3 is 2.82 bits per heavy atom. The molecule has 1 aromatic rings. The minimum Gasteiger partial charge on any atom is -0.370 e. The van der Waals surface area contributed by atoms with Gasteiger partial charge in [0, 0.05) is 41.3 Å². The van der Waals surface area contributed by atoms with Gasteiger partial charge in [0.05, 0.1) is 0 Å². The van der Waals surface area contributed by atoms with Crippen LogP contribution in [0.2, 0.25) is 5.15 Å². The van der Waals surface area contributed by atoms with Crippen LogP contribution in [0.3, 0.4) is 0 Å². The zero-order valence-corrected chi connectivity index (χ0v) is 11.9. The van der Waals surface area contributed by atoms with E-state index in [1.807, 2.05) is 13.8 Å². The predicted octanol–water partition coefficient (Wildman–Crippen LogP) is 2.26. The van der Waals surface area contributed by atoms with Gasteiger partial charge in [0.2, 0.25) is 0 Å². The highest BCUT2D eigenvalue weighted by atomic mass is 35.5. The number of nitrogens with one attached hydrogen (secondary N) is 1. The van der Waals surface area contributed by atoms with Crippen molar-refractivity contribution in [3.63, 3.8) is 0 Å². The van der Waals surface area contributed by atoms with E-state index in [0.29, 0.717) is 5.15 Å². The second-order valence-electron chi connectivity index (χ2n) is 3.87. The third-order valence-electron chi connectivity index (χ3n) is 2.48. The Hall–Kier alpha value is -0.680. The number of halogens is 1. The highest BCUT2D eigenvalue weighted by Crippen LogP contribution is 2.12. The Labute approximate surface area is 110 Å². The largest absolute Gasteiger partial charge is 0.370 e. The molecule has 17 heavy (non-hydrogen) atoms. The monoisotopic (exact) mass is 275 g/mol. The van der Waals surface area contributed by atoms with Crippen molar-refractivity contribution in [1.29, 1.82) is 0 Å². The molecule has 1 aromatic heterocycles. The summed E-state index contributed by atoms with van der Waals surface area (Å²) in [5.74, 6) is 1.46. The average molecular weight is 276 g/mol. The molecule has 0 fully saturated rings. The summed E-state index contributed by atoms with van der Waals surface area (Å²) in [6.07, 6.45) is 3.32. The molecule has 0 saturated carbocycles. The molecule has 0 amide bonds. The van der Waals surface area contributed by atoms with Crippen LogP contribution < -0.4 is 5.32 Å². The van der Waals surface area contributed by atoms with E-state index in [4.69, 9.17) is 11.6 Å². The van der Waals surface area contributed by atoms with E-state index in [9.17, 15) is 4.21 Å². The van der Waals surface area contributed by atoms with E-state index in [2.05, 4.69) is 15.3 Å². The highest BCUT2D eigenvalue weighted by Gasteiger charge is 2.06. The Morgan fingerprint density at radius 2 is 2.24 bits per heavy atom. The molecule has 6 heteroatoms. The van der Waals surface area contributed by atoms with Crippen LogP contribution in [0.5, 0.6) is 0 Å². The van der Waals surface area contributed by atoms with Gasteiger partial charge in [-0.15, -0.1) is 0 Å². The van der Waals surface area contributed by atoms with Crippen molar-refractivity contribution in [3.8, 4) is 0 Å². The molecule has 0 aromatic carbocycles. The normalized spacial score (nSPS) is 14.4. The summed E-state index contributed by atoms with van der Waals surface area (Å²) < 4.78 is 11.2. The number of anilines is 1. The summed E-state index contributed by atoms with van der Waals surface area (Å²) >= 11 is 5.88. The summed E-state index contributed by atoms with van der Waals surface area (Å²) in [6.45, 7) is 4.69. The van der Waals surface area contributed by atoms with E-state index in [1.54, 1.807) is 12.3 Å². The minimum absolute atomic E-state index is 0.186. The molecule has 0 saturated heterocycles. The van der Waals surface area contributed by atoms with E-state index in [0.717, 1.165) is 31.0 Å². The highest BCUT2D eigenvalue weighted by molar-refractivity contribution is 7.84. The van der Waals surface area contributed by atoms with Gasteiger partial charge in [0.25, 0.3) is 0 Å². The van der Waals surface area contributed by atoms with Crippen molar-refractivity contribution in [2.45, 2.75) is 31.9 Å². The van der Waals surface area contributed by atoms with E-state index in [1.165, 1.54) is 0 Å². The zero-order chi connectivity index (χ0) is 12.8. The molecule has 2 atom stereocenters. The first kappa shape index (κ1) is 14.4. The average Bonchev–Trinajstić information content (AvgIpc) is 2.27. The van der Waals surface area contributed by atoms with Crippen LogP contribution >= 0.6 is 11.6 Å². The number of aryl methyl sites for hydroxylation is 1. The number of hydrogen-bond acceptors (Lipinski definition) is 4. The molecule has 0 spiro atoms. The lowest BCUT2D eigenvalue weighted by molar-refractivity contribution is 0.672. The first-order valence-corrected chi connectivity index (χ1v) is 7.62. The Bertz CT molecular complexity index is 400. The first-order chi connectivity index (χ1) is 8.02. The number of hydrogen-bond donors (Lipinski definition) is 1. The Balaban J connectivity index is 2.51. The van der Waals surface area contributed by atoms with E-state index >= 15 is 0 Å². The second-order valence-corrected chi connectivity index (χ2v) is 6.06. The third kappa shape index (κ3) is 5.00. The van der Waals surface area contributed by atoms with Crippen molar-refractivity contribution < 1.29 is 4.21 Å². The van der Waals surface area contributed by atoms with Gasteiger partial charge in [-0.2, -0.15) is 0 Å². The molecule has 1 N–H and O–H groups in total. The van der Waals surface area contributed by atoms with Crippen molar-refractivity contribution in [3.05, 3.63) is 17.0 Å². The third-order valence-corrected chi connectivity index (χ3v) is 4.04. The summed E-state index contributed by atoms with van der Waals surface area (Å²) in [6, 6.07) is 1.70. The van der Waals surface area contributed by atoms with Crippen LogP contribution in [-0.2, 0) is 17.2 Å². The quantitative estimate of drug-likeness (QED) is 0.809. The van der Waals surface area contributed by atoms with Gasteiger partial charge < -0.3 is 5.32 Å². The Kier molecular flexibility index (Phi) is 5.85. The fourth-order valence-corrected chi connectivity index (χ4v) is 1.93. The summed E-state index contributed by atoms with van der Waals surface area (Å²) in [7, 11) is -0.777. The maximum absolute atomic E-state index is 11.2. The van der Waals surface area contributed by atoms with Crippen molar-refractivity contribution in [2.24, 2.45) is 0 Å². The van der Waals surface area contributed by atoms with Gasteiger partial charge >= 0.3 is 0 Å². The van der Waals surface area contributed by atoms with Crippen LogP contribution in [0.4, 0.5) is 5.82 Å². The summed E-state index contributed by atoms with van der Waals surface area (Å²) in [5, 5.41) is 3.81. The van der Waals surface area contributed by atoms with Gasteiger partial charge in [-0.25, -0.2) is 9.97 Å². The van der Waals surface area contributed by atoms with Crippen LogP contribution in [0.25, 0.3) is 0 Å². The van der Waals surface area contributed by atoms with E-state index < -0.39 is 10.8 Å². The lowest BCUT2D eigenvalue weighted by Crippen LogP contribution is -2.15. The summed E-state index contributed by atoms with van der Waals surface area (Å²) in [4.78, 5) is 8.40. The fraction of sp³-hybridized carbons (Fsp3) is 0.636. The number of nitrogens with zero attached hydrogens (tertiary/aromatic N) is 2. The molecule has 4 nitrogen and oxygen atoms in total. The minimum atomic E-state index is -0.777. The number of aromatic nitrogens is 2. The molecule has 0 bridgehead atoms. The van der Waals surface area contributed by atoms with Crippen molar-refractivity contribution >= 4 is 28.2 Å². The van der Waals surface area contributed by atoms with Crippen LogP contribution in [-0.4, -0.2) is 32.2 Å². The lowest BCUT2D eigenvalue weighted by Gasteiger charge is -2.10. The smallest absolute Gasteiger partial charge is 0.134 e. The van der Waals surface area contributed by atoms with Crippen LogP contribution in [0.15, 0.2) is 6.07 Å². The lowest BCUT2D eigenvalue weighted by atomic mass is 10.3. The van der Waals surface area contributed by atoms with Gasteiger partial charge in [-0.3, -0.25) is 4.21 Å². The zero-order valence-electron chi connectivity index (χ0n) is 10.4. The van der Waals surface area contributed by atoms with E-state index in [-0.39, 0.29) is 5.25 Å². The molecule has 0 radical (unpaired) electrons. The summed E-state index contributed by atoms with van der Waals surface area (Å²) in [5.41, 5.74) is 0. The topological polar surface area (TPSA) is 54.9 Å². The molecule has 1 heterocycles. The molecule has 0 aliphatic rings. The van der Waals surface area contributed by atoms with Gasteiger partial charge in [0.1, 0.15) is 16.8 Å². The molecule has 2 unspecified atom stereocenters. The predicted molar refractivity (Wildman–Crippen MR) is 73.1 cm³/mol.